The van der Waals surface area contributed by atoms with Crippen molar-refractivity contribution in [2.75, 3.05) is 12.4 Å². The minimum atomic E-state index is -0.312. The number of tetrazole rings is 1. The Morgan fingerprint density at radius 1 is 1.25 bits per heavy atom. The van der Waals surface area contributed by atoms with Crippen LogP contribution in [0, 0.1) is 0 Å². The number of benzene rings is 2. The van der Waals surface area contributed by atoms with Gasteiger partial charge in [0, 0.05) is 10.6 Å². The second-order valence-corrected chi connectivity index (χ2v) is 5.34. The number of anilines is 1. The van der Waals surface area contributed by atoms with Crippen molar-refractivity contribution in [2.45, 2.75) is 6.54 Å². The summed E-state index contributed by atoms with van der Waals surface area (Å²) in [5, 5.41) is 15.3. The molecule has 24 heavy (non-hydrogen) atoms. The number of carbonyl (C=O) groups excluding carboxylic acids is 1. The first kappa shape index (κ1) is 15.9. The van der Waals surface area contributed by atoms with E-state index in [0.717, 1.165) is 5.56 Å². The van der Waals surface area contributed by atoms with Gasteiger partial charge in [0.05, 0.1) is 12.8 Å². The molecule has 3 aromatic rings. The number of aromatic nitrogens is 4. The van der Waals surface area contributed by atoms with Crippen molar-refractivity contribution in [3.05, 3.63) is 53.6 Å². The molecule has 122 valence electrons. The molecular weight excluding hydrogens is 330 g/mol. The van der Waals surface area contributed by atoms with E-state index in [2.05, 4.69) is 20.7 Å². The summed E-state index contributed by atoms with van der Waals surface area (Å²) in [5.41, 5.74) is 1.32. The maximum atomic E-state index is 12.2. The van der Waals surface area contributed by atoms with Crippen LogP contribution in [0.5, 0.6) is 5.75 Å². The number of nitrogens with one attached hydrogen (secondary N) is 1. The molecule has 0 saturated heterocycles. The third kappa shape index (κ3) is 3.69. The van der Waals surface area contributed by atoms with Crippen molar-refractivity contribution < 1.29 is 9.53 Å². The number of hydrogen-bond acceptors (Lipinski definition) is 5. The van der Waals surface area contributed by atoms with Crippen molar-refractivity contribution in [1.82, 2.24) is 20.2 Å². The lowest BCUT2D eigenvalue weighted by Gasteiger charge is -2.10. The summed E-state index contributed by atoms with van der Waals surface area (Å²) in [6.45, 7) is -0.0739. The van der Waals surface area contributed by atoms with Crippen LogP contribution < -0.4 is 10.1 Å². The third-order valence-electron chi connectivity index (χ3n) is 3.21. The van der Waals surface area contributed by atoms with Crippen molar-refractivity contribution in [1.29, 1.82) is 0 Å². The summed E-state index contributed by atoms with van der Waals surface area (Å²) in [5.74, 6) is 0.667. The van der Waals surface area contributed by atoms with E-state index in [1.807, 2.05) is 30.3 Å². The number of rotatable bonds is 5. The van der Waals surface area contributed by atoms with Crippen LogP contribution in [0.25, 0.3) is 11.4 Å². The number of ether oxygens (including phenoxy) is 1. The maximum absolute atomic E-state index is 12.2. The molecule has 0 aliphatic heterocycles. The van der Waals surface area contributed by atoms with Gasteiger partial charge in [-0.25, -0.2) is 0 Å². The average Bonchev–Trinajstić information content (AvgIpc) is 3.04. The predicted octanol–water partition coefficient (Wildman–Crippen LogP) is 2.64. The second kappa shape index (κ2) is 7.10. The molecule has 0 radical (unpaired) electrons. The minimum absolute atomic E-state index is 0.0739. The fourth-order valence-corrected chi connectivity index (χ4v) is 2.28. The van der Waals surface area contributed by atoms with E-state index < -0.39 is 0 Å². The molecule has 0 aliphatic rings. The number of carbonyl (C=O) groups is 1. The first-order valence-corrected chi connectivity index (χ1v) is 7.50. The van der Waals surface area contributed by atoms with E-state index >= 15 is 0 Å². The van der Waals surface area contributed by atoms with Gasteiger partial charge in [-0.15, -0.1) is 10.2 Å². The maximum Gasteiger partial charge on any atom is 0.248 e. The zero-order valence-corrected chi connectivity index (χ0v) is 13.6. The molecule has 1 aromatic heterocycles. The van der Waals surface area contributed by atoms with Crippen molar-refractivity contribution in [3.8, 4) is 17.1 Å². The summed E-state index contributed by atoms with van der Waals surface area (Å²) in [7, 11) is 1.52. The van der Waals surface area contributed by atoms with Gasteiger partial charge >= 0.3 is 0 Å². The monoisotopic (exact) mass is 343 g/mol. The second-order valence-electron chi connectivity index (χ2n) is 4.90. The Morgan fingerprint density at radius 2 is 2.04 bits per heavy atom. The molecule has 8 heteroatoms. The van der Waals surface area contributed by atoms with Gasteiger partial charge in [-0.2, -0.15) is 4.80 Å². The van der Waals surface area contributed by atoms with Crippen molar-refractivity contribution >= 4 is 23.2 Å². The van der Waals surface area contributed by atoms with Gasteiger partial charge in [-0.05, 0) is 23.4 Å². The van der Waals surface area contributed by atoms with E-state index in [0.29, 0.717) is 22.3 Å². The molecule has 2 aromatic carbocycles. The number of methoxy groups -OCH3 is 1. The molecule has 0 spiro atoms. The van der Waals surface area contributed by atoms with Crippen LogP contribution in [0.2, 0.25) is 5.02 Å². The lowest BCUT2D eigenvalue weighted by atomic mass is 10.2. The first-order chi connectivity index (χ1) is 11.7. The summed E-state index contributed by atoms with van der Waals surface area (Å²) < 4.78 is 5.19. The molecular formula is C16H14ClN5O2. The van der Waals surface area contributed by atoms with Gasteiger partial charge in [0.15, 0.2) is 0 Å². The van der Waals surface area contributed by atoms with Crippen LogP contribution in [0.4, 0.5) is 5.69 Å². The largest absolute Gasteiger partial charge is 0.495 e. The van der Waals surface area contributed by atoms with Crippen LogP contribution in [0.3, 0.4) is 0 Å². The normalized spacial score (nSPS) is 10.4. The van der Waals surface area contributed by atoms with E-state index in [9.17, 15) is 4.79 Å². The van der Waals surface area contributed by atoms with Crippen LogP contribution in [0.15, 0.2) is 48.5 Å². The minimum Gasteiger partial charge on any atom is -0.495 e. The smallest absolute Gasteiger partial charge is 0.248 e. The number of halogens is 1. The Labute approximate surface area is 143 Å². The molecule has 0 aliphatic carbocycles. The van der Waals surface area contributed by atoms with E-state index in [1.165, 1.54) is 11.9 Å². The SMILES string of the molecule is COc1ccc(Cl)cc1NC(=O)Cn1nnc(-c2ccccc2)n1. The lowest BCUT2D eigenvalue weighted by Crippen LogP contribution is -2.20. The lowest BCUT2D eigenvalue weighted by molar-refractivity contribution is -0.117. The van der Waals surface area contributed by atoms with Gasteiger partial charge in [-0.1, -0.05) is 41.9 Å². The third-order valence-corrected chi connectivity index (χ3v) is 3.44. The fourth-order valence-electron chi connectivity index (χ4n) is 2.11. The quantitative estimate of drug-likeness (QED) is 0.770. The van der Waals surface area contributed by atoms with Gasteiger partial charge in [0.2, 0.25) is 11.7 Å². The molecule has 0 fully saturated rings. The summed E-state index contributed by atoms with van der Waals surface area (Å²) in [4.78, 5) is 13.4. The van der Waals surface area contributed by atoms with Gasteiger partial charge in [-0.3, -0.25) is 4.79 Å². The molecule has 0 unspecified atom stereocenters. The predicted molar refractivity (Wildman–Crippen MR) is 89.9 cm³/mol. The molecule has 0 saturated carbocycles. The Hall–Kier alpha value is -2.93. The van der Waals surface area contributed by atoms with E-state index in [4.69, 9.17) is 16.3 Å². The van der Waals surface area contributed by atoms with Crippen molar-refractivity contribution in [2.24, 2.45) is 0 Å². The van der Waals surface area contributed by atoms with Crippen LogP contribution in [0.1, 0.15) is 0 Å². The van der Waals surface area contributed by atoms with Gasteiger partial charge < -0.3 is 10.1 Å². The highest BCUT2D eigenvalue weighted by Gasteiger charge is 2.12. The molecule has 0 bridgehead atoms. The van der Waals surface area contributed by atoms with E-state index in [1.54, 1.807) is 18.2 Å². The summed E-state index contributed by atoms with van der Waals surface area (Å²) in [6.07, 6.45) is 0. The highest BCUT2D eigenvalue weighted by molar-refractivity contribution is 6.31. The molecule has 0 atom stereocenters. The average molecular weight is 344 g/mol. The molecule has 1 N–H and O–H groups in total. The fraction of sp³-hybridized carbons (Fsp3) is 0.125. The number of amides is 1. The molecule has 1 amide bonds. The zero-order chi connectivity index (χ0) is 16.9. The standard InChI is InChI=1S/C16H14ClN5O2/c1-24-14-8-7-12(17)9-13(14)18-15(23)10-22-20-16(19-21-22)11-5-3-2-4-6-11/h2-9H,10H2,1H3,(H,18,23). The molecule has 1 heterocycles. The molecule has 3 rings (SSSR count). The Morgan fingerprint density at radius 3 is 2.79 bits per heavy atom. The Kier molecular flexibility index (Phi) is 4.72. The number of hydrogen-bond donors (Lipinski definition) is 1. The van der Waals surface area contributed by atoms with E-state index in [-0.39, 0.29) is 12.5 Å². The highest BCUT2D eigenvalue weighted by Crippen LogP contribution is 2.27. The molecule has 7 nitrogen and oxygen atoms in total. The van der Waals surface area contributed by atoms with Gasteiger partial charge in [0.1, 0.15) is 12.3 Å². The van der Waals surface area contributed by atoms with Crippen LogP contribution in [-0.2, 0) is 11.3 Å². The highest BCUT2D eigenvalue weighted by atomic mass is 35.5. The number of nitrogens with zero attached hydrogens (tertiary/aromatic N) is 4. The first-order valence-electron chi connectivity index (χ1n) is 7.12. The van der Waals surface area contributed by atoms with Crippen LogP contribution in [-0.4, -0.2) is 33.2 Å². The Balaban J connectivity index is 1.70. The van der Waals surface area contributed by atoms with Gasteiger partial charge in [0.25, 0.3) is 0 Å². The topological polar surface area (TPSA) is 81.9 Å². The Bertz CT molecular complexity index is 851. The zero-order valence-electron chi connectivity index (χ0n) is 12.8. The van der Waals surface area contributed by atoms with Crippen LogP contribution >= 0.6 is 11.6 Å². The van der Waals surface area contributed by atoms with Crippen molar-refractivity contribution in [3.63, 3.8) is 0 Å². The summed E-state index contributed by atoms with van der Waals surface area (Å²) >= 11 is 5.94. The summed E-state index contributed by atoms with van der Waals surface area (Å²) in [6, 6.07) is 14.4.